The first-order valence-electron chi connectivity index (χ1n) is 6.95. The SMILES string of the molecule is O=C(NC1COc2ccccc2C1=O)c1cncc(C(F)(F)F)c1. The topological polar surface area (TPSA) is 68.3 Å². The summed E-state index contributed by atoms with van der Waals surface area (Å²) in [6.07, 6.45) is -2.97. The zero-order chi connectivity index (χ0) is 17.3. The molecule has 24 heavy (non-hydrogen) atoms. The lowest BCUT2D eigenvalue weighted by Crippen LogP contribution is -2.47. The van der Waals surface area contributed by atoms with Gasteiger partial charge in [-0.1, -0.05) is 12.1 Å². The number of ketones is 1. The third-order valence-corrected chi connectivity index (χ3v) is 3.51. The number of carbonyl (C=O) groups excluding carboxylic acids is 2. The monoisotopic (exact) mass is 336 g/mol. The van der Waals surface area contributed by atoms with Gasteiger partial charge in [-0.2, -0.15) is 13.2 Å². The zero-order valence-electron chi connectivity index (χ0n) is 12.1. The molecule has 2 heterocycles. The first-order chi connectivity index (χ1) is 11.4. The van der Waals surface area contributed by atoms with Crippen LogP contribution in [-0.2, 0) is 6.18 Å². The van der Waals surface area contributed by atoms with Gasteiger partial charge >= 0.3 is 6.18 Å². The van der Waals surface area contributed by atoms with Crippen molar-refractivity contribution in [1.29, 1.82) is 0 Å². The van der Waals surface area contributed by atoms with Crippen LogP contribution in [0, 0.1) is 0 Å². The normalized spacial score (nSPS) is 17.0. The quantitative estimate of drug-likeness (QED) is 0.915. The maximum Gasteiger partial charge on any atom is 0.417 e. The van der Waals surface area contributed by atoms with Crippen LogP contribution in [0.2, 0.25) is 0 Å². The highest BCUT2D eigenvalue weighted by Crippen LogP contribution is 2.29. The molecule has 1 atom stereocenters. The Balaban J connectivity index is 1.78. The third-order valence-electron chi connectivity index (χ3n) is 3.51. The van der Waals surface area contributed by atoms with Crippen molar-refractivity contribution in [2.24, 2.45) is 0 Å². The predicted molar refractivity (Wildman–Crippen MR) is 76.8 cm³/mol. The summed E-state index contributed by atoms with van der Waals surface area (Å²) in [5, 5.41) is 2.38. The van der Waals surface area contributed by atoms with E-state index in [1.54, 1.807) is 24.3 Å². The fourth-order valence-electron chi connectivity index (χ4n) is 2.30. The molecule has 1 aromatic carbocycles. The van der Waals surface area contributed by atoms with Gasteiger partial charge in [0.2, 0.25) is 0 Å². The smallest absolute Gasteiger partial charge is 0.417 e. The van der Waals surface area contributed by atoms with Crippen molar-refractivity contribution in [3.8, 4) is 5.75 Å². The molecule has 0 spiro atoms. The van der Waals surface area contributed by atoms with Crippen LogP contribution in [0.15, 0.2) is 42.7 Å². The summed E-state index contributed by atoms with van der Waals surface area (Å²) >= 11 is 0. The molecule has 1 amide bonds. The number of ether oxygens (including phenoxy) is 1. The number of Topliss-reactive ketones (excluding diaryl/α,β-unsaturated/α-hetero) is 1. The fourth-order valence-corrected chi connectivity index (χ4v) is 2.30. The molecule has 1 aromatic heterocycles. The Morgan fingerprint density at radius 3 is 2.75 bits per heavy atom. The van der Waals surface area contributed by atoms with Crippen LogP contribution in [-0.4, -0.2) is 29.3 Å². The second kappa shape index (κ2) is 5.95. The van der Waals surface area contributed by atoms with Crippen molar-refractivity contribution in [2.75, 3.05) is 6.61 Å². The van der Waals surface area contributed by atoms with Crippen LogP contribution in [0.4, 0.5) is 13.2 Å². The Kier molecular flexibility index (Phi) is 3.96. The number of halogens is 3. The number of fused-ring (bicyclic) bond motifs is 1. The van der Waals surface area contributed by atoms with Gasteiger partial charge in [-0.15, -0.1) is 0 Å². The van der Waals surface area contributed by atoms with E-state index in [9.17, 15) is 22.8 Å². The molecular weight excluding hydrogens is 325 g/mol. The highest BCUT2D eigenvalue weighted by Gasteiger charge is 2.33. The van der Waals surface area contributed by atoms with E-state index in [-0.39, 0.29) is 18.0 Å². The first-order valence-corrected chi connectivity index (χ1v) is 6.95. The Hall–Kier alpha value is -2.90. The minimum Gasteiger partial charge on any atom is -0.490 e. The van der Waals surface area contributed by atoms with Crippen molar-refractivity contribution in [3.63, 3.8) is 0 Å². The number of nitrogens with zero attached hydrogens (tertiary/aromatic N) is 1. The van der Waals surface area contributed by atoms with Crippen LogP contribution in [0.1, 0.15) is 26.3 Å². The van der Waals surface area contributed by atoms with E-state index in [2.05, 4.69) is 10.3 Å². The molecule has 8 heteroatoms. The zero-order valence-corrected chi connectivity index (χ0v) is 12.1. The third kappa shape index (κ3) is 3.08. The maximum atomic E-state index is 12.7. The van der Waals surface area contributed by atoms with Crippen molar-refractivity contribution in [1.82, 2.24) is 10.3 Å². The number of hydrogen-bond donors (Lipinski definition) is 1. The van der Waals surface area contributed by atoms with E-state index < -0.39 is 23.7 Å². The lowest BCUT2D eigenvalue weighted by atomic mass is 10.0. The second-order valence-corrected chi connectivity index (χ2v) is 5.16. The summed E-state index contributed by atoms with van der Waals surface area (Å²) < 4.78 is 43.4. The Morgan fingerprint density at radius 2 is 2.00 bits per heavy atom. The summed E-state index contributed by atoms with van der Waals surface area (Å²) in [6, 6.07) is 6.26. The number of amides is 1. The van der Waals surface area contributed by atoms with Gasteiger partial charge in [0.15, 0.2) is 5.78 Å². The molecule has 5 nitrogen and oxygen atoms in total. The van der Waals surface area contributed by atoms with Gasteiger partial charge in [0.1, 0.15) is 18.4 Å². The van der Waals surface area contributed by atoms with Crippen molar-refractivity contribution < 1.29 is 27.5 Å². The van der Waals surface area contributed by atoms with E-state index in [1.807, 2.05) is 0 Å². The van der Waals surface area contributed by atoms with Crippen LogP contribution in [0.5, 0.6) is 5.75 Å². The molecule has 124 valence electrons. The van der Waals surface area contributed by atoms with E-state index in [0.717, 1.165) is 6.20 Å². The number of nitrogens with one attached hydrogen (secondary N) is 1. The van der Waals surface area contributed by atoms with Gasteiger partial charge in [-0.25, -0.2) is 0 Å². The predicted octanol–water partition coefficient (Wildman–Crippen LogP) is 2.47. The number of carbonyl (C=O) groups is 2. The van der Waals surface area contributed by atoms with Crippen LogP contribution < -0.4 is 10.1 Å². The first kappa shape index (κ1) is 16.0. The van der Waals surface area contributed by atoms with Crippen LogP contribution >= 0.6 is 0 Å². The highest BCUT2D eigenvalue weighted by atomic mass is 19.4. The summed E-state index contributed by atoms with van der Waals surface area (Å²) in [5.41, 5.74) is -1.00. The average Bonchev–Trinajstić information content (AvgIpc) is 2.57. The molecule has 2 aromatic rings. The Labute approximate surface area is 134 Å². The molecule has 0 fully saturated rings. The summed E-state index contributed by atoms with van der Waals surface area (Å²) in [5.74, 6) is -0.770. The molecule has 3 rings (SSSR count). The fraction of sp³-hybridized carbons (Fsp3) is 0.188. The van der Waals surface area contributed by atoms with Crippen LogP contribution in [0.3, 0.4) is 0 Å². The average molecular weight is 336 g/mol. The number of rotatable bonds is 2. The molecule has 1 N–H and O–H groups in total. The molecule has 1 aliphatic rings. The molecular formula is C16H11F3N2O3. The number of hydrogen-bond acceptors (Lipinski definition) is 4. The molecule has 0 bridgehead atoms. The second-order valence-electron chi connectivity index (χ2n) is 5.16. The lowest BCUT2D eigenvalue weighted by Gasteiger charge is -2.24. The summed E-state index contributed by atoms with van der Waals surface area (Å²) in [4.78, 5) is 27.9. The van der Waals surface area contributed by atoms with E-state index >= 15 is 0 Å². The molecule has 1 aliphatic heterocycles. The summed E-state index contributed by atoms with van der Waals surface area (Å²) in [7, 11) is 0. The number of alkyl halides is 3. The van der Waals surface area contributed by atoms with Gasteiger partial charge in [-0.3, -0.25) is 14.6 Å². The minimum atomic E-state index is -4.61. The number of aromatic nitrogens is 1. The number of para-hydroxylation sites is 1. The van der Waals surface area contributed by atoms with Gasteiger partial charge < -0.3 is 10.1 Å². The molecule has 0 saturated heterocycles. The van der Waals surface area contributed by atoms with Gasteiger partial charge in [0.05, 0.1) is 16.7 Å². The standard InChI is InChI=1S/C16H11F3N2O3/c17-16(18,19)10-5-9(6-20-7-10)15(23)21-12-8-24-13-4-2-1-3-11(13)14(12)22/h1-7,12H,8H2,(H,21,23). The van der Waals surface area contributed by atoms with E-state index in [4.69, 9.17) is 4.74 Å². The highest BCUT2D eigenvalue weighted by molar-refractivity contribution is 6.06. The van der Waals surface area contributed by atoms with Crippen molar-refractivity contribution in [2.45, 2.75) is 12.2 Å². The summed E-state index contributed by atoms with van der Waals surface area (Å²) in [6.45, 7) is -0.0893. The molecule has 0 saturated carbocycles. The van der Waals surface area contributed by atoms with Crippen LogP contribution in [0.25, 0.3) is 0 Å². The Morgan fingerprint density at radius 1 is 1.25 bits per heavy atom. The Bertz CT molecular complexity index is 805. The number of benzene rings is 1. The van der Waals surface area contributed by atoms with Gasteiger partial charge in [0, 0.05) is 12.4 Å². The molecule has 1 unspecified atom stereocenters. The number of pyridine rings is 1. The largest absolute Gasteiger partial charge is 0.490 e. The lowest BCUT2D eigenvalue weighted by molar-refractivity contribution is -0.137. The van der Waals surface area contributed by atoms with Crippen molar-refractivity contribution in [3.05, 3.63) is 59.4 Å². The van der Waals surface area contributed by atoms with Crippen molar-refractivity contribution >= 4 is 11.7 Å². The molecule has 0 aliphatic carbocycles. The maximum absolute atomic E-state index is 12.7. The van der Waals surface area contributed by atoms with Gasteiger partial charge in [-0.05, 0) is 18.2 Å². The minimum absolute atomic E-state index is 0.0893. The van der Waals surface area contributed by atoms with Gasteiger partial charge in [0.25, 0.3) is 5.91 Å². The molecule has 0 radical (unpaired) electrons. The van der Waals surface area contributed by atoms with E-state index in [1.165, 1.54) is 0 Å². The van der Waals surface area contributed by atoms with E-state index in [0.29, 0.717) is 23.6 Å².